The summed E-state index contributed by atoms with van der Waals surface area (Å²) in [6, 6.07) is 8.38. The molecule has 2 aliphatic rings. The van der Waals surface area contributed by atoms with Crippen LogP contribution in [0.15, 0.2) is 30.6 Å². The van der Waals surface area contributed by atoms with E-state index in [-0.39, 0.29) is 6.04 Å². The van der Waals surface area contributed by atoms with Crippen LogP contribution in [0.3, 0.4) is 0 Å². The number of hydrogen-bond donors (Lipinski definition) is 1. The standard InChI is InChI=1S/C12H12N4O/c1-12-6-9(15-11-13-7-14-16(11)12)8-4-2-3-5-10(8)17-12/h2-5,7,9H,6H2,1H3,(H,13,14,15). The van der Waals surface area contributed by atoms with Crippen molar-refractivity contribution in [1.82, 2.24) is 14.8 Å². The lowest BCUT2D eigenvalue weighted by molar-refractivity contribution is -0.0345. The van der Waals surface area contributed by atoms with Crippen LogP contribution in [0.1, 0.15) is 24.9 Å². The first-order chi connectivity index (χ1) is 8.26. The lowest BCUT2D eigenvalue weighted by Gasteiger charge is -2.44. The highest BCUT2D eigenvalue weighted by atomic mass is 16.5. The fourth-order valence-electron chi connectivity index (χ4n) is 2.73. The average Bonchev–Trinajstić information content (AvgIpc) is 2.78. The van der Waals surface area contributed by atoms with E-state index < -0.39 is 5.72 Å². The normalized spacial score (nSPS) is 28.6. The van der Waals surface area contributed by atoms with Gasteiger partial charge < -0.3 is 10.1 Å². The van der Waals surface area contributed by atoms with E-state index in [2.05, 4.69) is 28.4 Å². The molecule has 5 heteroatoms. The molecule has 2 unspecified atom stereocenters. The molecule has 3 heterocycles. The lowest BCUT2D eigenvalue weighted by Crippen LogP contribution is -2.47. The Morgan fingerprint density at radius 2 is 2.35 bits per heavy atom. The summed E-state index contributed by atoms with van der Waals surface area (Å²) < 4.78 is 7.91. The molecular weight excluding hydrogens is 216 g/mol. The topological polar surface area (TPSA) is 52.0 Å². The molecule has 2 aromatic rings. The molecule has 0 amide bonds. The van der Waals surface area contributed by atoms with E-state index in [1.54, 1.807) is 6.33 Å². The van der Waals surface area contributed by atoms with E-state index in [4.69, 9.17) is 4.74 Å². The Morgan fingerprint density at radius 1 is 1.47 bits per heavy atom. The number of para-hydroxylation sites is 1. The number of ether oxygens (including phenoxy) is 1. The maximum Gasteiger partial charge on any atom is 0.225 e. The van der Waals surface area contributed by atoms with Crippen molar-refractivity contribution in [3.8, 4) is 5.75 Å². The number of fused-ring (bicyclic) bond motifs is 6. The van der Waals surface area contributed by atoms with Gasteiger partial charge in [-0.25, -0.2) is 0 Å². The average molecular weight is 228 g/mol. The highest BCUT2D eigenvalue weighted by Crippen LogP contribution is 2.46. The number of nitrogens with one attached hydrogen (secondary N) is 1. The second-order valence-corrected chi connectivity index (χ2v) is 4.71. The molecule has 17 heavy (non-hydrogen) atoms. The van der Waals surface area contributed by atoms with Crippen molar-refractivity contribution in [3.63, 3.8) is 0 Å². The monoisotopic (exact) mass is 228 g/mol. The molecule has 0 saturated carbocycles. The molecule has 2 atom stereocenters. The fraction of sp³-hybridized carbons (Fsp3) is 0.333. The molecule has 0 aliphatic carbocycles. The van der Waals surface area contributed by atoms with Gasteiger partial charge in [-0.05, 0) is 13.0 Å². The van der Waals surface area contributed by atoms with Crippen LogP contribution in [0.4, 0.5) is 5.95 Å². The van der Waals surface area contributed by atoms with Crippen LogP contribution < -0.4 is 10.1 Å². The number of nitrogens with zero attached hydrogens (tertiary/aromatic N) is 3. The van der Waals surface area contributed by atoms with E-state index in [0.29, 0.717) is 0 Å². The summed E-state index contributed by atoms with van der Waals surface area (Å²) in [4.78, 5) is 4.22. The summed E-state index contributed by atoms with van der Waals surface area (Å²) >= 11 is 0. The minimum absolute atomic E-state index is 0.252. The minimum atomic E-state index is -0.434. The first kappa shape index (κ1) is 9.04. The third-order valence-corrected chi connectivity index (χ3v) is 3.51. The summed E-state index contributed by atoms with van der Waals surface area (Å²) in [7, 11) is 0. The van der Waals surface area contributed by atoms with Crippen LogP contribution in [0.2, 0.25) is 0 Å². The Hall–Kier alpha value is -2.04. The first-order valence-electron chi connectivity index (χ1n) is 5.71. The van der Waals surface area contributed by atoms with Gasteiger partial charge in [0, 0.05) is 12.0 Å². The zero-order chi connectivity index (χ0) is 11.5. The SMILES string of the molecule is CC12CC(Nc3ncnn31)c1ccccc1O2. The maximum atomic E-state index is 6.10. The number of anilines is 1. The van der Waals surface area contributed by atoms with Crippen LogP contribution in [0.5, 0.6) is 5.75 Å². The third kappa shape index (κ3) is 1.08. The van der Waals surface area contributed by atoms with Gasteiger partial charge in [0.1, 0.15) is 12.1 Å². The van der Waals surface area contributed by atoms with Crippen molar-refractivity contribution in [2.75, 3.05) is 5.32 Å². The number of rotatable bonds is 0. The van der Waals surface area contributed by atoms with Crippen molar-refractivity contribution in [2.24, 2.45) is 0 Å². The Morgan fingerprint density at radius 3 is 3.29 bits per heavy atom. The second kappa shape index (κ2) is 2.80. The molecule has 1 aromatic carbocycles. The first-order valence-corrected chi connectivity index (χ1v) is 5.71. The van der Waals surface area contributed by atoms with Crippen molar-refractivity contribution in [2.45, 2.75) is 25.1 Å². The molecule has 0 spiro atoms. The summed E-state index contributed by atoms with van der Waals surface area (Å²) in [6.45, 7) is 2.05. The van der Waals surface area contributed by atoms with Crippen LogP contribution in [-0.4, -0.2) is 14.8 Å². The number of benzene rings is 1. The fourth-order valence-corrected chi connectivity index (χ4v) is 2.73. The van der Waals surface area contributed by atoms with E-state index in [9.17, 15) is 0 Å². The van der Waals surface area contributed by atoms with Gasteiger partial charge >= 0.3 is 0 Å². The second-order valence-electron chi connectivity index (χ2n) is 4.71. The van der Waals surface area contributed by atoms with Crippen molar-refractivity contribution in [1.29, 1.82) is 0 Å². The van der Waals surface area contributed by atoms with Crippen molar-refractivity contribution >= 4 is 5.95 Å². The van der Waals surface area contributed by atoms with Gasteiger partial charge in [0.25, 0.3) is 0 Å². The van der Waals surface area contributed by atoms with Gasteiger partial charge in [-0.15, -0.1) is 0 Å². The number of aromatic nitrogens is 3. The Bertz CT molecular complexity index is 594. The predicted molar refractivity (Wildman–Crippen MR) is 61.7 cm³/mol. The van der Waals surface area contributed by atoms with Gasteiger partial charge in [0.05, 0.1) is 6.04 Å². The Kier molecular flexibility index (Phi) is 1.49. The van der Waals surface area contributed by atoms with Gasteiger partial charge in [0.15, 0.2) is 0 Å². The molecular formula is C12H12N4O. The number of hydrogen-bond acceptors (Lipinski definition) is 4. The van der Waals surface area contributed by atoms with Crippen LogP contribution >= 0.6 is 0 Å². The predicted octanol–water partition coefficient (Wildman–Crippen LogP) is 1.90. The van der Waals surface area contributed by atoms with Gasteiger partial charge in [-0.3, -0.25) is 0 Å². The zero-order valence-electron chi connectivity index (χ0n) is 9.42. The molecule has 1 aromatic heterocycles. The summed E-state index contributed by atoms with van der Waals surface area (Å²) in [5, 5.41) is 7.64. The molecule has 0 radical (unpaired) electrons. The molecule has 2 bridgehead atoms. The van der Waals surface area contributed by atoms with Gasteiger partial charge in [-0.1, -0.05) is 18.2 Å². The third-order valence-electron chi connectivity index (χ3n) is 3.51. The zero-order valence-corrected chi connectivity index (χ0v) is 9.42. The summed E-state index contributed by atoms with van der Waals surface area (Å²) in [5.74, 6) is 1.71. The molecule has 0 fully saturated rings. The largest absolute Gasteiger partial charge is 0.466 e. The van der Waals surface area contributed by atoms with E-state index >= 15 is 0 Å². The molecule has 1 N–H and O–H groups in total. The van der Waals surface area contributed by atoms with E-state index in [1.807, 2.05) is 22.9 Å². The molecule has 2 aliphatic heterocycles. The molecule has 0 saturated heterocycles. The Balaban J connectivity index is 1.93. The highest BCUT2D eigenvalue weighted by molar-refractivity contribution is 5.45. The molecule has 86 valence electrons. The summed E-state index contributed by atoms with van der Waals surface area (Å²) in [6.07, 6.45) is 2.42. The van der Waals surface area contributed by atoms with Crippen molar-refractivity contribution in [3.05, 3.63) is 36.2 Å². The van der Waals surface area contributed by atoms with Crippen LogP contribution in [0, 0.1) is 0 Å². The smallest absolute Gasteiger partial charge is 0.225 e. The van der Waals surface area contributed by atoms with Crippen molar-refractivity contribution < 1.29 is 4.74 Å². The summed E-state index contributed by atoms with van der Waals surface area (Å²) in [5.41, 5.74) is 0.759. The van der Waals surface area contributed by atoms with E-state index in [0.717, 1.165) is 18.1 Å². The van der Waals surface area contributed by atoms with E-state index in [1.165, 1.54) is 5.56 Å². The lowest BCUT2D eigenvalue weighted by atomic mass is 9.92. The maximum absolute atomic E-state index is 6.10. The molecule has 4 rings (SSSR count). The van der Waals surface area contributed by atoms with Crippen LogP contribution in [-0.2, 0) is 5.72 Å². The minimum Gasteiger partial charge on any atom is -0.466 e. The van der Waals surface area contributed by atoms with Gasteiger partial charge in [0.2, 0.25) is 11.7 Å². The molecule has 5 nitrogen and oxygen atoms in total. The van der Waals surface area contributed by atoms with Crippen LogP contribution in [0.25, 0.3) is 0 Å². The quantitative estimate of drug-likeness (QED) is 0.748. The van der Waals surface area contributed by atoms with Gasteiger partial charge in [-0.2, -0.15) is 14.8 Å². The highest BCUT2D eigenvalue weighted by Gasteiger charge is 2.44. The Labute approximate surface area is 98.4 Å².